The Hall–Kier alpha value is -2.68. The second kappa shape index (κ2) is 14.8. The Kier molecular flexibility index (Phi) is 11.2. The van der Waals surface area contributed by atoms with Crippen LogP contribution in [0.3, 0.4) is 0 Å². The van der Waals surface area contributed by atoms with E-state index < -0.39 is 0 Å². The zero-order valence-corrected chi connectivity index (χ0v) is 25.4. The van der Waals surface area contributed by atoms with Gasteiger partial charge in [0.05, 0.1) is 0 Å². The summed E-state index contributed by atoms with van der Waals surface area (Å²) in [5.74, 6) is 3.52. The molecule has 2 saturated carbocycles. The van der Waals surface area contributed by atoms with E-state index in [1.807, 2.05) is 25.3 Å². The summed E-state index contributed by atoms with van der Waals surface area (Å²) in [6.45, 7) is 6.64. The summed E-state index contributed by atoms with van der Waals surface area (Å²) in [6, 6.07) is 15.0. The van der Waals surface area contributed by atoms with E-state index in [2.05, 4.69) is 62.5 Å². The highest BCUT2D eigenvalue weighted by molar-refractivity contribution is 5.98. The van der Waals surface area contributed by atoms with Crippen molar-refractivity contribution in [2.75, 3.05) is 12.4 Å². The molecule has 4 rings (SSSR count). The zero-order chi connectivity index (χ0) is 28.5. The van der Waals surface area contributed by atoms with E-state index >= 15 is 0 Å². The van der Waals surface area contributed by atoms with Gasteiger partial charge in [0, 0.05) is 30.6 Å². The van der Waals surface area contributed by atoms with Gasteiger partial charge >= 0.3 is 0 Å². The van der Waals surface area contributed by atoms with Crippen molar-refractivity contribution in [3.63, 3.8) is 0 Å². The van der Waals surface area contributed by atoms with Crippen molar-refractivity contribution in [1.29, 1.82) is 0 Å². The number of carbonyl (C=O) groups is 2. The lowest BCUT2D eigenvalue weighted by molar-refractivity contribution is -0.115. The average Bonchev–Trinajstić information content (AvgIpc) is 2.97. The first-order chi connectivity index (χ1) is 19.4. The molecule has 0 radical (unpaired) electrons. The number of hydrogen-bond acceptors (Lipinski definition) is 3. The van der Waals surface area contributed by atoms with Gasteiger partial charge in [-0.25, -0.2) is 0 Å². The molecule has 0 amide bonds. The molecule has 2 aromatic rings. The van der Waals surface area contributed by atoms with Crippen LogP contribution in [0.4, 0.5) is 5.69 Å². The number of aryl methyl sites for hydroxylation is 1. The molecule has 0 spiro atoms. The molecule has 0 unspecified atom stereocenters. The predicted octanol–water partition coefficient (Wildman–Crippen LogP) is 9.04. The number of Topliss-reactive ketones (excluding diaryl/α,β-unsaturated/α-hetero) is 1. The van der Waals surface area contributed by atoms with Crippen molar-refractivity contribution in [3.8, 4) is 0 Å². The number of hydrogen-bond donors (Lipinski definition) is 1. The Morgan fingerprint density at radius 3 is 2.10 bits per heavy atom. The molecule has 3 nitrogen and oxygen atoms in total. The molecule has 2 aliphatic rings. The largest absolute Gasteiger partial charge is 0.388 e. The Morgan fingerprint density at radius 1 is 0.875 bits per heavy atom. The summed E-state index contributed by atoms with van der Waals surface area (Å²) in [6.07, 6.45) is 16.7. The molecule has 1 N–H and O–H groups in total. The summed E-state index contributed by atoms with van der Waals surface area (Å²) in [7, 11) is 1.93. The number of carbonyl (C=O) groups excluding carboxylic acids is 2. The minimum atomic E-state index is 0.173. The summed E-state index contributed by atoms with van der Waals surface area (Å²) in [5, 5.41) is 3.26. The topological polar surface area (TPSA) is 46.2 Å². The summed E-state index contributed by atoms with van der Waals surface area (Å²) in [4.78, 5) is 25.9. The van der Waals surface area contributed by atoms with Crippen molar-refractivity contribution in [2.45, 2.75) is 97.8 Å². The van der Waals surface area contributed by atoms with Crippen molar-refractivity contribution in [1.82, 2.24) is 0 Å². The van der Waals surface area contributed by atoms with E-state index in [0.29, 0.717) is 24.0 Å². The molecule has 216 valence electrons. The van der Waals surface area contributed by atoms with Gasteiger partial charge in [-0.2, -0.15) is 0 Å². The highest BCUT2D eigenvalue weighted by Gasteiger charge is 2.33. The number of benzene rings is 2. The fourth-order valence-electron chi connectivity index (χ4n) is 7.18. The van der Waals surface area contributed by atoms with Gasteiger partial charge in [0.25, 0.3) is 0 Å². The molecule has 40 heavy (non-hydrogen) atoms. The van der Waals surface area contributed by atoms with Crippen LogP contribution >= 0.6 is 0 Å². The molecule has 3 heteroatoms. The van der Waals surface area contributed by atoms with E-state index in [1.54, 1.807) is 0 Å². The van der Waals surface area contributed by atoms with Crippen molar-refractivity contribution in [2.24, 2.45) is 29.6 Å². The molecular weight excluding hydrogens is 490 g/mol. The van der Waals surface area contributed by atoms with Crippen LogP contribution in [0.15, 0.2) is 54.6 Å². The van der Waals surface area contributed by atoms with Crippen LogP contribution in [0.2, 0.25) is 0 Å². The van der Waals surface area contributed by atoms with Gasteiger partial charge < -0.3 is 5.32 Å². The Labute approximate surface area is 243 Å². The number of ketones is 2. The molecule has 0 aliphatic heterocycles. The van der Waals surface area contributed by atoms with Gasteiger partial charge in [-0.3, -0.25) is 9.59 Å². The minimum absolute atomic E-state index is 0.173. The standard InChI is InChI=1S/C37H51NO2/c1-5-30-17-22-34(25-36(30)38-4)37(40)33-20-18-32(19-21-33)31-15-13-29(14-16-31)24-35(39)8-6-7-27-9-11-28(12-10-27)23-26(2)3/h6,8-12,17,22,25-26,29,31-33,38H,5,7,13-16,18-21,23-24H2,1-4H3/b8-6-. The molecule has 2 aromatic carbocycles. The van der Waals surface area contributed by atoms with E-state index in [9.17, 15) is 9.59 Å². The lowest BCUT2D eigenvalue weighted by Gasteiger charge is -2.37. The molecular formula is C37H51NO2. The molecule has 0 heterocycles. The van der Waals surface area contributed by atoms with Gasteiger partial charge in [-0.1, -0.05) is 63.2 Å². The summed E-state index contributed by atoms with van der Waals surface area (Å²) < 4.78 is 0. The minimum Gasteiger partial charge on any atom is -0.388 e. The first kappa shape index (κ1) is 30.3. The molecule has 2 fully saturated rings. The summed E-state index contributed by atoms with van der Waals surface area (Å²) in [5.41, 5.74) is 5.87. The molecule has 0 bridgehead atoms. The highest BCUT2D eigenvalue weighted by Crippen LogP contribution is 2.42. The Balaban J connectivity index is 1.16. The lowest BCUT2D eigenvalue weighted by atomic mass is 9.68. The second-order valence-electron chi connectivity index (χ2n) is 12.9. The number of nitrogens with one attached hydrogen (secondary N) is 1. The van der Waals surface area contributed by atoms with Crippen LogP contribution in [0.1, 0.15) is 106 Å². The molecule has 0 atom stereocenters. The summed E-state index contributed by atoms with van der Waals surface area (Å²) >= 11 is 0. The van der Waals surface area contributed by atoms with Gasteiger partial charge in [-0.15, -0.1) is 0 Å². The Morgan fingerprint density at radius 2 is 1.50 bits per heavy atom. The smallest absolute Gasteiger partial charge is 0.166 e. The third-order valence-corrected chi connectivity index (χ3v) is 9.56. The van der Waals surface area contributed by atoms with Crippen LogP contribution in [-0.2, 0) is 24.1 Å². The van der Waals surface area contributed by atoms with Crippen LogP contribution in [0, 0.1) is 29.6 Å². The second-order valence-corrected chi connectivity index (χ2v) is 12.9. The Bertz CT molecular complexity index is 1130. The van der Waals surface area contributed by atoms with Crippen LogP contribution < -0.4 is 5.32 Å². The van der Waals surface area contributed by atoms with Crippen LogP contribution in [-0.4, -0.2) is 18.6 Å². The van der Waals surface area contributed by atoms with Crippen LogP contribution in [0.25, 0.3) is 0 Å². The van der Waals surface area contributed by atoms with E-state index in [4.69, 9.17) is 0 Å². The quantitative estimate of drug-likeness (QED) is 0.215. The number of anilines is 1. The van der Waals surface area contributed by atoms with Gasteiger partial charge in [0.1, 0.15) is 0 Å². The maximum absolute atomic E-state index is 13.2. The SMILES string of the molecule is CCc1ccc(C(=O)C2CCC(C3CCC(CC(=O)/C=C\Cc4ccc(CC(C)C)cc4)CC3)CC2)cc1NC. The average molecular weight is 542 g/mol. The third kappa shape index (κ3) is 8.41. The van der Waals surface area contributed by atoms with Gasteiger partial charge in [-0.05, 0) is 123 Å². The normalized spacial score (nSPS) is 23.4. The first-order valence-corrected chi connectivity index (χ1v) is 16.0. The fraction of sp³-hybridized carbons (Fsp3) is 0.568. The molecule has 0 saturated heterocycles. The number of rotatable bonds is 12. The fourth-order valence-corrected chi connectivity index (χ4v) is 7.18. The molecule has 0 aromatic heterocycles. The predicted molar refractivity (Wildman–Crippen MR) is 168 cm³/mol. The first-order valence-electron chi connectivity index (χ1n) is 16.0. The van der Waals surface area contributed by atoms with Gasteiger partial charge in [0.15, 0.2) is 11.6 Å². The molecule has 2 aliphatic carbocycles. The van der Waals surface area contributed by atoms with Crippen molar-refractivity contribution in [3.05, 3.63) is 76.9 Å². The zero-order valence-electron chi connectivity index (χ0n) is 25.4. The third-order valence-electron chi connectivity index (χ3n) is 9.56. The monoisotopic (exact) mass is 541 g/mol. The van der Waals surface area contributed by atoms with E-state index in [-0.39, 0.29) is 11.7 Å². The van der Waals surface area contributed by atoms with Gasteiger partial charge in [0.2, 0.25) is 0 Å². The van der Waals surface area contributed by atoms with E-state index in [1.165, 1.54) is 55.2 Å². The highest BCUT2D eigenvalue weighted by atomic mass is 16.1. The maximum atomic E-state index is 13.2. The van der Waals surface area contributed by atoms with Crippen LogP contribution in [0.5, 0.6) is 0 Å². The van der Waals surface area contributed by atoms with Crippen molar-refractivity contribution < 1.29 is 9.59 Å². The van der Waals surface area contributed by atoms with E-state index in [0.717, 1.165) is 55.2 Å². The van der Waals surface area contributed by atoms with Crippen molar-refractivity contribution >= 4 is 17.3 Å². The lowest BCUT2D eigenvalue weighted by Crippen LogP contribution is -2.28. The number of allylic oxidation sites excluding steroid dienone is 2. The maximum Gasteiger partial charge on any atom is 0.166 e.